The molecular formula is C19H24F2N2O3. The van der Waals surface area contributed by atoms with Gasteiger partial charge in [-0.25, -0.2) is 8.78 Å². The van der Waals surface area contributed by atoms with Gasteiger partial charge < -0.3 is 10.4 Å². The molecule has 0 heterocycles. The van der Waals surface area contributed by atoms with Crippen molar-refractivity contribution in [2.24, 2.45) is 5.92 Å². The molecule has 26 heavy (non-hydrogen) atoms. The number of aliphatic carboxylic acids is 1. The summed E-state index contributed by atoms with van der Waals surface area (Å²) in [6.07, 6.45) is 4.06. The smallest absolute Gasteiger partial charge is 0.317 e. The summed E-state index contributed by atoms with van der Waals surface area (Å²) < 4.78 is 26.7. The molecule has 0 bridgehead atoms. The molecule has 7 heteroatoms. The van der Waals surface area contributed by atoms with Crippen molar-refractivity contribution < 1.29 is 23.5 Å². The van der Waals surface area contributed by atoms with Crippen molar-refractivity contribution in [3.63, 3.8) is 0 Å². The predicted octanol–water partition coefficient (Wildman–Crippen LogP) is 2.34. The maximum Gasteiger partial charge on any atom is 0.317 e. The SMILES string of the molecule is O=C(O)CN(CC1CC1)C1CC(NC(=O)CCc2cc(F)ccc2F)C1. The van der Waals surface area contributed by atoms with E-state index in [4.69, 9.17) is 5.11 Å². The van der Waals surface area contributed by atoms with Crippen molar-refractivity contribution in [2.45, 2.75) is 50.6 Å². The van der Waals surface area contributed by atoms with E-state index < -0.39 is 17.6 Å². The Balaban J connectivity index is 1.40. The van der Waals surface area contributed by atoms with Crippen molar-refractivity contribution in [3.8, 4) is 0 Å². The first-order chi connectivity index (χ1) is 12.4. The highest BCUT2D eigenvalue weighted by Gasteiger charge is 2.37. The minimum absolute atomic E-state index is 0.0281. The molecule has 0 aliphatic heterocycles. The molecule has 0 radical (unpaired) electrons. The quantitative estimate of drug-likeness (QED) is 0.704. The molecule has 0 spiro atoms. The van der Waals surface area contributed by atoms with Gasteiger partial charge in [-0.1, -0.05) is 0 Å². The van der Waals surface area contributed by atoms with Gasteiger partial charge in [0.15, 0.2) is 0 Å². The summed E-state index contributed by atoms with van der Waals surface area (Å²) in [7, 11) is 0. The first-order valence-corrected chi connectivity index (χ1v) is 9.10. The molecule has 0 atom stereocenters. The number of rotatable bonds is 9. The van der Waals surface area contributed by atoms with Crippen molar-refractivity contribution >= 4 is 11.9 Å². The third-order valence-electron chi connectivity index (χ3n) is 5.15. The normalized spacial score (nSPS) is 22.1. The summed E-state index contributed by atoms with van der Waals surface area (Å²) in [5.41, 5.74) is 0.198. The molecule has 2 aliphatic carbocycles. The van der Waals surface area contributed by atoms with Crippen LogP contribution < -0.4 is 5.32 Å². The minimum atomic E-state index is -0.824. The molecule has 5 nitrogen and oxygen atoms in total. The van der Waals surface area contributed by atoms with Gasteiger partial charge in [-0.3, -0.25) is 14.5 Å². The van der Waals surface area contributed by atoms with Gasteiger partial charge in [-0.15, -0.1) is 0 Å². The average Bonchev–Trinajstić information content (AvgIpc) is 3.34. The van der Waals surface area contributed by atoms with Gasteiger partial charge in [0.25, 0.3) is 0 Å². The molecule has 2 N–H and O–H groups in total. The molecule has 0 unspecified atom stereocenters. The number of hydrogen-bond donors (Lipinski definition) is 2. The van der Waals surface area contributed by atoms with Crippen molar-refractivity contribution in [1.82, 2.24) is 10.2 Å². The fourth-order valence-electron chi connectivity index (χ4n) is 3.44. The number of carbonyl (C=O) groups is 2. The zero-order chi connectivity index (χ0) is 18.7. The van der Waals surface area contributed by atoms with Gasteiger partial charge in [0, 0.05) is 25.0 Å². The lowest BCUT2D eigenvalue weighted by atomic mass is 9.85. The van der Waals surface area contributed by atoms with Crippen molar-refractivity contribution in [3.05, 3.63) is 35.4 Å². The Hall–Kier alpha value is -2.02. The molecule has 2 saturated carbocycles. The summed E-state index contributed by atoms with van der Waals surface area (Å²) in [6.45, 7) is 0.858. The summed E-state index contributed by atoms with van der Waals surface area (Å²) >= 11 is 0. The highest BCUT2D eigenvalue weighted by atomic mass is 19.1. The molecule has 2 fully saturated rings. The number of benzene rings is 1. The molecule has 1 amide bonds. The second-order valence-corrected chi connectivity index (χ2v) is 7.39. The van der Waals surface area contributed by atoms with Crippen LogP contribution in [0.15, 0.2) is 18.2 Å². The van der Waals surface area contributed by atoms with Crippen LogP contribution in [0.25, 0.3) is 0 Å². The fourth-order valence-corrected chi connectivity index (χ4v) is 3.44. The van der Waals surface area contributed by atoms with E-state index in [0.29, 0.717) is 5.92 Å². The Labute approximate surface area is 151 Å². The number of nitrogens with zero attached hydrogens (tertiary/aromatic N) is 1. The Morgan fingerprint density at radius 3 is 2.62 bits per heavy atom. The Morgan fingerprint density at radius 1 is 1.23 bits per heavy atom. The maximum atomic E-state index is 13.6. The van der Waals surface area contributed by atoms with Crippen LogP contribution in [0.1, 0.15) is 37.7 Å². The third kappa shape index (κ3) is 5.24. The number of carbonyl (C=O) groups excluding carboxylic acids is 1. The lowest BCUT2D eigenvalue weighted by Crippen LogP contribution is -2.55. The predicted molar refractivity (Wildman–Crippen MR) is 91.6 cm³/mol. The number of aryl methyl sites for hydroxylation is 1. The minimum Gasteiger partial charge on any atom is -0.480 e. The van der Waals surface area contributed by atoms with Crippen LogP contribution in [0.4, 0.5) is 8.78 Å². The third-order valence-corrected chi connectivity index (χ3v) is 5.15. The lowest BCUT2D eigenvalue weighted by molar-refractivity contribution is -0.140. The molecule has 0 aromatic heterocycles. The number of carboxylic acid groups (broad SMARTS) is 1. The van der Waals surface area contributed by atoms with Crippen LogP contribution in [-0.4, -0.2) is 47.1 Å². The number of hydrogen-bond acceptors (Lipinski definition) is 3. The highest BCUT2D eigenvalue weighted by Crippen LogP contribution is 2.33. The second kappa shape index (κ2) is 8.12. The van der Waals surface area contributed by atoms with Gasteiger partial charge in [0.05, 0.1) is 6.54 Å². The van der Waals surface area contributed by atoms with E-state index >= 15 is 0 Å². The second-order valence-electron chi connectivity index (χ2n) is 7.39. The lowest BCUT2D eigenvalue weighted by Gasteiger charge is -2.42. The van der Waals surface area contributed by atoms with E-state index in [1.54, 1.807) is 0 Å². The average molecular weight is 366 g/mol. The van der Waals surface area contributed by atoms with Crippen molar-refractivity contribution in [1.29, 1.82) is 0 Å². The zero-order valence-electron chi connectivity index (χ0n) is 14.6. The first-order valence-electron chi connectivity index (χ1n) is 9.10. The van der Waals surface area contributed by atoms with E-state index in [1.807, 2.05) is 4.90 Å². The molecule has 1 aromatic rings. The van der Waals surface area contributed by atoms with Crippen LogP contribution in [0.3, 0.4) is 0 Å². The Bertz CT molecular complexity index is 673. The molecule has 3 rings (SSSR count). The molecule has 2 aliphatic rings. The van der Waals surface area contributed by atoms with Crippen LogP contribution >= 0.6 is 0 Å². The van der Waals surface area contributed by atoms with Crippen LogP contribution in [0.5, 0.6) is 0 Å². The molecular weight excluding hydrogens is 342 g/mol. The number of carboxylic acids is 1. The fraction of sp³-hybridized carbons (Fsp3) is 0.579. The van der Waals surface area contributed by atoms with E-state index in [2.05, 4.69) is 5.32 Å². The van der Waals surface area contributed by atoms with Crippen molar-refractivity contribution in [2.75, 3.05) is 13.1 Å². The van der Waals surface area contributed by atoms with E-state index in [0.717, 1.165) is 37.6 Å². The van der Waals surface area contributed by atoms with E-state index in [9.17, 15) is 18.4 Å². The van der Waals surface area contributed by atoms with Gasteiger partial charge >= 0.3 is 5.97 Å². The summed E-state index contributed by atoms with van der Waals surface area (Å²) in [5.74, 6) is -1.42. The van der Waals surface area contributed by atoms with Gasteiger partial charge in [0.1, 0.15) is 11.6 Å². The summed E-state index contributed by atoms with van der Waals surface area (Å²) in [4.78, 5) is 25.0. The largest absolute Gasteiger partial charge is 0.480 e. The zero-order valence-corrected chi connectivity index (χ0v) is 14.6. The Morgan fingerprint density at radius 2 is 1.96 bits per heavy atom. The highest BCUT2D eigenvalue weighted by molar-refractivity contribution is 5.76. The molecule has 1 aromatic carbocycles. The molecule has 142 valence electrons. The van der Waals surface area contributed by atoms with Crippen LogP contribution in [0, 0.1) is 17.6 Å². The van der Waals surface area contributed by atoms with Gasteiger partial charge in [0.2, 0.25) is 5.91 Å². The monoisotopic (exact) mass is 366 g/mol. The van der Waals surface area contributed by atoms with Gasteiger partial charge in [-0.2, -0.15) is 0 Å². The maximum absolute atomic E-state index is 13.6. The first kappa shape index (κ1) is 18.8. The van der Waals surface area contributed by atoms with E-state index in [1.165, 1.54) is 12.8 Å². The Kier molecular flexibility index (Phi) is 5.86. The standard InChI is InChI=1S/C19H24F2N2O3/c20-14-4-5-17(21)13(7-14)3-6-18(24)22-15-8-16(9-15)23(11-19(25)26)10-12-1-2-12/h4-5,7,12,15-16H,1-3,6,8-11H2,(H,22,24)(H,25,26). The summed E-state index contributed by atoms with van der Waals surface area (Å²) in [5, 5.41) is 11.9. The summed E-state index contributed by atoms with van der Waals surface area (Å²) in [6, 6.07) is 3.45. The molecule has 0 saturated heterocycles. The van der Waals surface area contributed by atoms with Gasteiger partial charge in [-0.05, 0) is 61.8 Å². The van der Waals surface area contributed by atoms with Crippen LogP contribution in [0.2, 0.25) is 0 Å². The number of amides is 1. The van der Waals surface area contributed by atoms with E-state index in [-0.39, 0.29) is 42.9 Å². The van der Waals surface area contributed by atoms with Crippen LogP contribution in [-0.2, 0) is 16.0 Å². The number of halogens is 2. The topological polar surface area (TPSA) is 69.6 Å². The number of nitrogens with one attached hydrogen (secondary N) is 1.